The molecule has 0 aromatic carbocycles. The summed E-state index contributed by atoms with van der Waals surface area (Å²) in [5.74, 6) is 83.6. The van der Waals surface area contributed by atoms with Gasteiger partial charge in [0, 0.05) is 140 Å². The number of pyridine rings is 1. The van der Waals surface area contributed by atoms with Gasteiger partial charge in [-0.3, -0.25) is 14.4 Å². The zero-order valence-electron chi connectivity index (χ0n) is 50.0. The first-order valence-electron chi connectivity index (χ1n) is 26.9. The van der Waals surface area contributed by atoms with E-state index in [-0.39, 0.29) is 25.3 Å². The summed E-state index contributed by atoms with van der Waals surface area (Å²) < 4.78 is 35.0. The summed E-state index contributed by atoms with van der Waals surface area (Å²) in [5.41, 5.74) is -0.325. The summed E-state index contributed by atoms with van der Waals surface area (Å²) >= 11 is 5.97. The van der Waals surface area contributed by atoms with Gasteiger partial charge in [-0.25, -0.2) is 14.5 Å². The van der Waals surface area contributed by atoms with E-state index in [0.717, 1.165) is 29.1 Å². The minimum Gasteiger partial charge on any atom is -0.444 e. The van der Waals surface area contributed by atoms with Crippen LogP contribution in [0.1, 0.15) is 106 Å². The van der Waals surface area contributed by atoms with E-state index in [9.17, 15) is 32.7 Å². The van der Waals surface area contributed by atoms with Gasteiger partial charge in [0.2, 0.25) is 17.1 Å². The van der Waals surface area contributed by atoms with Crippen molar-refractivity contribution in [1.29, 1.82) is 0 Å². The number of allylic oxidation sites excluding steroid dienone is 2. The normalized spacial score (nSPS) is 17.2. The standard InChI is InChI=1S/C36H6.C26H42N4O8S.C9H10ClN3/c1-3-5-7-9-11-13-15-17-19-21-23-25-27-29-31-33-35-36-34-32-30-28-26-24-22-20-18-16-14-12-10-8-6-4-2;1-25(2,3)38-24(35)27-19-12-10-8-6-7-9-11-17-14-26(17,23(34)28-39(36,37)29(4)5)15-21(32)20-13-18(31)16-30(20)22(19)33;1-6(2)13-7-4-3-5-11-8(7)12-9(13)10/h1-2H3;9,11,17-20,31H,6-8,10,12-16H2,1-5H3,(H,27,35)(H,28,34);3-6H,1-2H3/b;11-9-;/t;17-,18-,19+,20+,26-;/m.1./s1. The van der Waals surface area contributed by atoms with Crippen molar-refractivity contribution >= 4 is 56.7 Å². The Morgan fingerprint density at radius 2 is 1.19 bits per heavy atom. The number of alkyl carbamates (subject to hydrolysis) is 1. The van der Waals surface area contributed by atoms with Crippen molar-refractivity contribution in [3.8, 4) is 201 Å². The van der Waals surface area contributed by atoms with Crippen LogP contribution in [-0.2, 0) is 29.3 Å². The van der Waals surface area contributed by atoms with E-state index >= 15 is 0 Å². The van der Waals surface area contributed by atoms with Crippen molar-refractivity contribution in [2.75, 3.05) is 20.6 Å². The van der Waals surface area contributed by atoms with Crippen molar-refractivity contribution in [2.45, 2.75) is 130 Å². The zero-order chi connectivity index (χ0) is 64.6. The summed E-state index contributed by atoms with van der Waals surface area (Å²) in [6.45, 7) is 12.6. The minimum absolute atomic E-state index is 0.00205. The van der Waals surface area contributed by atoms with Crippen LogP contribution in [0.25, 0.3) is 11.2 Å². The molecular weight excluding hydrogens is 1150 g/mol. The molecule has 2 aliphatic heterocycles. The number of ketones is 1. The van der Waals surface area contributed by atoms with E-state index in [4.69, 9.17) is 16.3 Å². The minimum atomic E-state index is -4.07. The summed E-state index contributed by atoms with van der Waals surface area (Å²) in [6, 6.07) is 2.22. The van der Waals surface area contributed by atoms with E-state index in [1.165, 1.54) is 19.0 Å². The summed E-state index contributed by atoms with van der Waals surface area (Å²) in [7, 11) is -1.47. The topological polar surface area (TPSA) is 193 Å². The zero-order valence-corrected chi connectivity index (χ0v) is 51.5. The monoisotopic (exact) mass is 1200 g/mol. The highest BCUT2D eigenvalue weighted by molar-refractivity contribution is 7.87. The van der Waals surface area contributed by atoms with E-state index in [1.807, 2.05) is 28.9 Å². The highest BCUT2D eigenvalue weighted by atomic mass is 35.5. The molecular formula is C71H58ClN7O8S. The van der Waals surface area contributed by atoms with Crippen molar-refractivity contribution in [3.63, 3.8) is 0 Å². The molecule has 15 nitrogen and oxygen atoms in total. The smallest absolute Gasteiger partial charge is 0.408 e. The summed E-state index contributed by atoms with van der Waals surface area (Å²) in [4.78, 5) is 62.6. The summed E-state index contributed by atoms with van der Waals surface area (Å²) in [6.07, 6.45) is 7.16. The molecule has 0 bridgehead atoms. The highest BCUT2D eigenvalue weighted by Crippen LogP contribution is 2.57. The molecule has 0 spiro atoms. The SMILES string of the molecule is CC#CC#CC#CC#CC#CC#CC#CC#CC#CC#CC#CC#CC#CC#CC#CC#CC#CC.CC(C)n1c(Cl)nc2ncccc21.CN(C)S(=O)(=O)NC(=O)[C@]12CC(=O)[C@@H]3C[C@@H](O)CN3C(=O)[C@@H](NC(=O)OC(C)(C)C)CCCCC/C=C\[C@@H]1C2. The van der Waals surface area contributed by atoms with Crippen LogP contribution in [0.4, 0.5) is 4.79 Å². The molecule has 0 radical (unpaired) electrons. The number of ether oxygens (including phenoxy) is 1. The quantitative estimate of drug-likeness (QED) is 0.271. The lowest BCUT2D eigenvalue weighted by Gasteiger charge is -2.30. The molecule has 3 aliphatic rings. The number of aliphatic hydroxyl groups is 1. The predicted molar refractivity (Wildman–Crippen MR) is 339 cm³/mol. The van der Waals surface area contributed by atoms with Gasteiger partial charge in [-0.05, 0) is 199 Å². The second kappa shape index (κ2) is 38.7. The van der Waals surface area contributed by atoms with Crippen LogP contribution >= 0.6 is 11.6 Å². The second-order valence-electron chi connectivity index (χ2n) is 19.7. The highest BCUT2D eigenvalue weighted by Gasteiger charge is 2.61. The molecule has 2 aromatic rings. The average Bonchev–Trinajstić information content (AvgIpc) is 1.72. The van der Waals surface area contributed by atoms with Gasteiger partial charge >= 0.3 is 16.3 Å². The van der Waals surface area contributed by atoms with Gasteiger partial charge in [-0.2, -0.15) is 17.7 Å². The number of Topliss-reactive ketones (excluding diaryl/α,β-unsaturated/α-hetero) is 1. The molecule has 88 heavy (non-hydrogen) atoms. The average molecular weight is 1200 g/mol. The van der Waals surface area contributed by atoms with Crippen molar-refractivity contribution in [3.05, 3.63) is 35.8 Å². The number of imidazole rings is 1. The lowest BCUT2D eigenvalue weighted by Crippen LogP contribution is -2.53. The van der Waals surface area contributed by atoms with Crippen LogP contribution in [0.3, 0.4) is 0 Å². The van der Waals surface area contributed by atoms with Crippen molar-refractivity contribution in [2.24, 2.45) is 11.3 Å². The third kappa shape index (κ3) is 27.1. The number of nitrogens with zero attached hydrogens (tertiary/aromatic N) is 5. The van der Waals surface area contributed by atoms with Crippen LogP contribution in [0.15, 0.2) is 30.5 Å². The predicted octanol–water partition coefficient (Wildman–Crippen LogP) is 5.00. The van der Waals surface area contributed by atoms with Crippen LogP contribution < -0.4 is 10.0 Å². The fourth-order valence-electron chi connectivity index (χ4n) is 7.64. The van der Waals surface area contributed by atoms with Gasteiger partial charge in [0.25, 0.3) is 0 Å². The number of aliphatic hydroxyl groups excluding tert-OH is 1. The molecule has 438 valence electrons. The second-order valence-corrected chi connectivity index (χ2v) is 21.9. The molecule has 3 amide bonds. The van der Waals surface area contributed by atoms with Crippen molar-refractivity contribution < 1.29 is 37.4 Å². The van der Waals surface area contributed by atoms with Gasteiger partial charge in [0.05, 0.1) is 23.1 Å². The summed E-state index contributed by atoms with van der Waals surface area (Å²) in [5, 5.41) is 13.6. The third-order valence-electron chi connectivity index (χ3n) is 11.6. The number of carbonyl (C=O) groups is 4. The van der Waals surface area contributed by atoms with E-state index in [1.54, 1.807) is 40.8 Å². The first-order chi connectivity index (χ1) is 42.2. The molecule has 3 N–H and O–H groups in total. The number of nitrogens with one attached hydrogen (secondary N) is 2. The van der Waals surface area contributed by atoms with Gasteiger partial charge in [-0.15, -0.1) is 0 Å². The maximum atomic E-state index is 13.6. The van der Waals surface area contributed by atoms with Crippen LogP contribution in [0, 0.1) is 213 Å². The maximum absolute atomic E-state index is 13.6. The van der Waals surface area contributed by atoms with Gasteiger partial charge in [0.15, 0.2) is 11.4 Å². The number of hydrogen-bond donors (Lipinski definition) is 3. The lowest BCUT2D eigenvalue weighted by molar-refractivity contribution is -0.140. The Morgan fingerprint density at radius 3 is 1.61 bits per heavy atom. The lowest BCUT2D eigenvalue weighted by atomic mass is 9.91. The van der Waals surface area contributed by atoms with Gasteiger partial charge in [0.1, 0.15) is 11.6 Å². The fraction of sp³-hybridized carbons (Fsp3) is 0.352. The Bertz CT molecular complexity index is 4180. The number of fused-ring (bicyclic) bond motifs is 3. The first kappa shape index (κ1) is 71.2. The Labute approximate surface area is 523 Å². The number of rotatable bonds is 5. The Balaban J connectivity index is 0.000000382. The van der Waals surface area contributed by atoms with Gasteiger partial charge < -0.3 is 24.6 Å². The van der Waals surface area contributed by atoms with E-state index < -0.39 is 63.1 Å². The van der Waals surface area contributed by atoms with Crippen LogP contribution in [0.2, 0.25) is 5.28 Å². The van der Waals surface area contributed by atoms with Crippen molar-refractivity contribution in [1.82, 2.24) is 33.8 Å². The largest absolute Gasteiger partial charge is 0.444 e. The molecule has 1 saturated carbocycles. The number of aromatic nitrogens is 3. The fourth-order valence-corrected chi connectivity index (χ4v) is 8.63. The maximum Gasteiger partial charge on any atom is 0.408 e. The number of amides is 3. The Morgan fingerprint density at radius 1 is 0.739 bits per heavy atom. The van der Waals surface area contributed by atoms with Crippen LogP contribution in [-0.4, -0.2) is 105 Å². The molecule has 5 atom stereocenters. The van der Waals surface area contributed by atoms with E-state index in [2.05, 4.69) is 235 Å². The Kier molecular flexibility index (Phi) is 31.3. The molecule has 1 saturated heterocycles. The third-order valence-corrected chi connectivity index (χ3v) is 13.2. The molecule has 2 fully saturated rings. The van der Waals surface area contributed by atoms with Gasteiger partial charge in [-0.1, -0.05) is 36.8 Å². The number of halogens is 1. The van der Waals surface area contributed by atoms with Crippen LogP contribution in [0.5, 0.6) is 0 Å². The number of hydrogen-bond acceptors (Lipinski definition) is 10. The van der Waals surface area contributed by atoms with E-state index in [0.29, 0.717) is 36.2 Å². The first-order valence-corrected chi connectivity index (χ1v) is 28.7. The Hall–Kier alpha value is -11.1. The molecule has 2 aromatic heterocycles. The molecule has 1 aliphatic carbocycles. The molecule has 17 heteroatoms. The number of carbonyl (C=O) groups excluding carboxylic acids is 4. The molecule has 4 heterocycles. The molecule has 0 unspecified atom stereocenters. The molecule has 5 rings (SSSR count).